The summed E-state index contributed by atoms with van der Waals surface area (Å²) < 4.78 is 4.96. The summed E-state index contributed by atoms with van der Waals surface area (Å²) in [7, 11) is 0. The van der Waals surface area contributed by atoms with Crippen molar-refractivity contribution in [3.05, 3.63) is 52.7 Å². The average Bonchev–Trinajstić information content (AvgIpc) is 3.13. The second-order valence-corrected chi connectivity index (χ2v) is 7.69. The maximum Gasteiger partial charge on any atom is 0.415 e. The zero-order chi connectivity index (χ0) is 20.5. The quantitative estimate of drug-likeness (QED) is 0.747. The molecule has 2 aromatic rings. The predicted molar refractivity (Wildman–Crippen MR) is 119 cm³/mol. The SMILES string of the molecule is Cc1ccc(N2CCN(C(=O)c3cnc(N4CCOC4=O)cc3C)CC2)c(C)c1.Cl. The first kappa shape index (κ1) is 21.9. The number of carbonyl (C=O) groups excluding carboxylic acids is 2. The summed E-state index contributed by atoms with van der Waals surface area (Å²) in [5.74, 6) is 0.520. The molecule has 0 spiro atoms. The van der Waals surface area contributed by atoms with Gasteiger partial charge in [-0.05, 0) is 44.0 Å². The van der Waals surface area contributed by atoms with E-state index < -0.39 is 6.09 Å². The van der Waals surface area contributed by atoms with Gasteiger partial charge in [0.1, 0.15) is 12.4 Å². The summed E-state index contributed by atoms with van der Waals surface area (Å²) in [4.78, 5) is 34.8. The van der Waals surface area contributed by atoms with Gasteiger partial charge < -0.3 is 14.5 Å². The number of piperazine rings is 1. The zero-order valence-electron chi connectivity index (χ0n) is 17.6. The monoisotopic (exact) mass is 430 g/mol. The molecule has 3 heterocycles. The number of aromatic nitrogens is 1. The third-order valence-electron chi connectivity index (χ3n) is 5.62. The molecule has 0 bridgehead atoms. The minimum absolute atomic E-state index is 0. The van der Waals surface area contributed by atoms with Crippen LogP contribution in [-0.2, 0) is 4.74 Å². The molecule has 2 aliphatic rings. The van der Waals surface area contributed by atoms with Crippen molar-refractivity contribution in [1.29, 1.82) is 0 Å². The fraction of sp³-hybridized carbons (Fsp3) is 0.409. The molecule has 8 heteroatoms. The number of pyridine rings is 1. The lowest BCUT2D eigenvalue weighted by atomic mass is 10.1. The maximum atomic E-state index is 13.0. The number of rotatable bonds is 3. The number of ether oxygens (including phenoxy) is 1. The summed E-state index contributed by atoms with van der Waals surface area (Å²) in [5, 5.41) is 0. The van der Waals surface area contributed by atoms with Crippen LogP contribution in [0.5, 0.6) is 0 Å². The second kappa shape index (κ2) is 8.92. The van der Waals surface area contributed by atoms with Gasteiger partial charge in [0, 0.05) is 38.1 Å². The Bertz CT molecular complexity index is 957. The van der Waals surface area contributed by atoms with Gasteiger partial charge in [-0.2, -0.15) is 0 Å². The van der Waals surface area contributed by atoms with Gasteiger partial charge in [0.15, 0.2) is 0 Å². The number of aryl methyl sites for hydroxylation is 3. The Labute approximate surface area is 183 Å². The van der Waals surface area contributed by atoms with Gasteiger partial charge in [0.05, 0.1) is 12.1 Å². The Morgan fingerprint density at radius 1 is 1.00 bits per heavy atom. The fourth-order valence-corrected chi connectivity index (χ4v) is 4.00. The summed E-state index contributed by atoms with van der Waals surface area (Å²) in [6, 6.07) is 8.27. The molecule has 7 nitrogen and oxygen atoms in total. The van der Waals surface area contributed by atoms with Crippen LogP contribution in [0.15, 0.2) is 30.5 Å². The maximum absolute atomic E-state index is 13.0. The number of cyclic esters (lactones) is 1. The third-order valence-corrected chi connectivity index (χ3v) is 5.62. The van der Waals surface area contributed by atoms with E-state index in [1.54, 1.807) is 12.3 Å². The van der Waals surface area contributed by atoms with E-state index in [0.29, 0.717) is 37.6 Å². The molecule has 0 saturated carbocycles. The Kier molecular flexibility index (Phi) is 6.51. The topological polar surface area (TPSA) is 66.0 Å². The highest BCUT2D eigenvalue weighted by atomic mass is 35.5. The van der Waals surface area contributed by atoms with Crippen LogP contribution in [0.25, 0.3) is 0 Å². The lowest BCUT2D eigenvalue weighted by Gasteiger charge is -2.37. The van der Waals surface area contributed by atoms with Crippen LogP contribution in [0.1, 0.15) is 27.0 Å². The number of benzene rings is 1. The predicted octanol–water partition coefficient (Wildman–Crippen LogP) is 3.35. The first-order valence-electron chi connectivity index (χ1n) is 9.96. The van der Waals surface area contributed by atoms with Crippen molar-refractivity contribution in [3.63, 3.8) is 0 Å². The van der Waals surface area contributed by atoms with Crippen molar-refractivity contribution in [2.24, 2.45) is 0 Å². The number of carbonyl (C=O) groups is 2. The second-order valence-electron chi connectivity index (χ2n) is 7.69. The number of hydrogen-bond donors (Lipinski definition) is 0. The minimum atomic E-state index is -0.390. The van der Waals surface area contributed by atoms with Crippen molar-refractivity contribution in [2.45, 2.75) is 20.8 Å². The van der Waals surface area contributed by atoms with Crippen LogP contribution in [0.3, 0.4) is 0 Å². The molecule has 1 aromatic carbocycles. The molecule has 2 aliphatic heterocycles. The van der Waals surface area contributed by atoms with E-state index in [9.17, 15) is 9.59 Å². The summed E-state index contributed by atoms with van der Waals surface area (Å²) in [6.45, 7) is 9.92. The summed E-state index contributed by atoms with van der Waals surface area (Å²) >= 11 is 0. The normalized spacial score (nSPS) is 16.4. The molecule has 0 radical (unpaired) electrons. The van der Waals surface area contributed by atoms with E-state index >= 15 is 0 Å². The van der Waals surface area contributed by atoms with Gasteiger partial charge in [-0.15, -0.1) is 12.4 Å². The highest BCUT2D eigenvalue weighted by Gasteiger charge is 2.27. The van der Waals surface area contributed by atoms with E-state index in [1.165, 1.54) is 21.7 Å². The van der Waals surface area contributed by atoms with Gasteiger partial charge in [-0.3, -0.25) is 9.69 Å². The summed E-state index contributed by atoms with van der Waals surface area (Å²) in [6.07, 6.45) is 1.19. The molecule has 0 aliphatic carbocycles. The van der Waals surface area contributed by atoms with E-state index in [-0.39, 0.29) is 18.3 Å². The first-order valence-corrected chi connectivity index (χ1v) is 9.96. The molecule has 0 unspecified atom stereocenters. The van der Waals surface area contributed by atoms with Crippen LogP contribution >= 0.6 is 12.4 Å². The van der Waals surface area contributed by atoms with Gasteiger partial charge in [0.25, 0.3) is 5.91 Å². The molecule has 30 heavy (non-hydrogen) atoms. The molecule has 1 aromatic heterocycles. The molecule has 0 N–H and O–H groups in total. The largest absolute Gasteiger partial charge is 0.447 e. The first-order chi connectivity index (χ1) is 13.9. The lowest BCUT2D eigenvalue weighted by molar-refractivity contribution is 0.0745. The minimum Gasteiger partial charge on any atom is -0.447 e. The molecule has 2 fully saturated rings. The van der Waals surface area contributed by atoms with Crippen molar-refractivity contribution in [3.8, 4) is 0 Å². The van der Waals surface area contributed by atoms with E-state index in [1.807, 2.05) is 11.8 Å². The van der Waals surface area contributed by atoms with Gasteiger partial charge in [-0.1, -0.05) is 17.7 Å². The van der Waals surface area contributed by atoms with Gasteiger partial charge >= 0.3 is 6.09 Å². The van der Waals surface area contributed by atoms with Crippen molar-refractivity contribution in [2.75, 3.05) is 49.1 Å². The van der Waals surface area contributed by atoms with Crippen LogP contribution in [0, 0.1) is 20.8 Å². The Morgan fingerprint density at radius 3 is 2.33 bits per heavy atom. The highest BCUT2D eigenvalue weighted by Crippen LogP contribution is 2.24. The molecular weight excluding hydrogens is 404 g/mol. The lowest BCUT2D eigenvalue weighted by Crippen LogP contribution is -2.49. The van der Waals surface area contributed by atoms with Crippen LogP contribution in [0.2, 0.25) is 0 Å². The van der Waals surface area contributed by atoms with Crippen molar-refractivity contribution >= 4 is 35.9 Å². The standard InChI is InChI=1S/C22H26N4O3.ClH/c1-15-4-5-19(17(3)12-15)24-6-8-25(9-7-24)21(27)18-14-23-20(13-16(18)2)26-10-11-29-22(26)28;/h4-5,12-14H,6-11H2,1-3H3;1H. The van der Waals surface area contributed by atoms with Gasteiger partial charge in [-0.25, -0.2) is 9.78 Å². The van der Waals surface area contributed by atoms with Gasteiger partial charge in [0.2, 0.25) is 0 Å². The Morgan fingerprint density at radius 2 is 1.73 bits per heavy atom. The summed E-state index contributed by atoms with van der Waals surface area (Å²) in [5.41, 5.74) is 5.16. The average molecular weight is 431 g/mol. The van der Waals surface area contributed by atoms with E-state index in [4.69, 9.17) is 4.74 Å². The molecule has 4 rings (SSSR count). The molecular formula is C22H27ClN4O3. The zero-order valence-corrected chi connectivity index (χ0v) is 18.4. The highest BCUT2D eigenvalue weighted by molar-refractivity contribution is 5.96. The molecule has 160 valence electrons. The third kappa shape index (κ3) is 4.21. The van der Waals surface area contributed by atoms with Crippen LogP contribution in [0.4, 0.5) is 16.3 Å². The Hall–Kier alpha value is -2.80. The molecule has 0 atom stereocenters. The van der Waals surface area contributed by atoms with Crippen molar-refractivity contribution in [1.82, 2.24) is 9.88 Å². The number of amides is 2. The van der Waals surface area contributed by atoms with Crippen LogP contribution < -0.4 is 9.80 Å². The van der Waals surface area contributed by atoms with Crippen LogP contribution in [-0.4, -0.2) is 61.2 Å². The number of nitrogens with zero attached hydrogens (tertiary/aromatic N) is 4. The molecule has 2 saturated heterocycles. The number of halogens is 1. The fourth-order valence-electron chi connectivity index (χ4n) is 4.00. The van der Waals surface area contributed by atoms with E-state index in [0.717, 1.165) is 18.7 Å². The Balaban J connectivity index is 0.00000256. The molecule has 2 amide bonds. The van der Waals surface area contributed by atoms with Crippen molar-refractivity contribution < 1.29 is 14.3 Å². The van der Waals surface area contributed by atoms with E-state index in [2.05, 4.69) is 41.9 Å². The number of hydrogen-bond acceptors (Lipinski definition) is 5. The number of anilines is 2. The smallest absolute Gasteiger partial charge is 0.415 e.